The van der Waals surface area contributed by atoms with Crippen molar-refractivity contribution >= 4 is 21.9 Å². The van der Waals surface area contributed by atoms with Crippen LogP contribution in [0.5, 0.6) is 0 Å². The Morgan fingerprint density at radius 3 is 2.92 bits per heavy atom. The number of aryl methyl sites for hydroxylation is 1. The molecule has 1 aliphatic rings. The number of rotatable bonds is 4. The van der Waals surface area contributed by atoms with E-state index >= 15 is 0 Å². The number of aromatic nitrogens is 2. The number of nitrogens with two attached hydrogens (primary N) is 1. The number of nitrogen functional groups attached to an aromatic ring is 1. The molecule has 1 aromatic heterocycles. The number of carbonyl (C=O) groups is 1. The summed E-state index contributed by atoms with van der Waals surface area (Å²) in [6.45, 7) is 2.14. The molecule has 0 fully saturated rings. The zero-order valence-corrected chi connectivity index (χ0v) is 13.9. The smallest absolute Gasteiger partial charge is 0.241 e. The summed E-state index contributed by atoms with van der Waals surface area (Å²) in [7, 11) is -3.73. The fraction of sp³-hybridized carbons (Fsp3) is 0.267. The molecule has 2 heterocycles. The third-order valence-electron chi connectivity index (χ3n) is 3.74. The fourth-order valence-corrected chi connectivity index (χ4v) is 3.56. The molecule has 126 valence electrons. The Morgan fingerprint density at radius 2 is 2.17 bits per heavy atom. The van der Waals surface area contributed by atoms with Crippen molar-refractivity contribution in [3.63, 3.8) is 0 Å². The Balaban J connectivity index is 1.64. The monoisotopic (exact) mass is 347 g/mol. The molecule has 3 N–H and O–H groups in total. The lowest BCUT2D eigenvalue weighted by Crippen LogP contribution is -2.37. The number of nitrogens with one attached hydrogen (secondary N) is 1. The van der Waals surface area contributed by atoms with Crippen LogP contribution in [0, 0.1) is 6.92 Å². The SMILES string of the molecule is Cc1cccc(S(=O)(=O)NCC(=O)N2Cc3cnc(N)nc3C2)c1. The van der Waals surface area contributed by atoms with Crippen LogP contribution in [0.2, 0.25) is 0 Å². The number of nitrogens with zero attached hydrogens (tertiary/aromatic N) is 3. The first kappa shape index (κ1) is 16.3. The Kier molecular flexibility index (Phi) is 4.20. The minimum Gasteiger partial charge on any atom is -0.368 e. The highest BCUT2D eigenvalue weighted by Crippen LogP contribution is 2.20. The summed E-state index contributed by atoms with van der Waals surface area (Å²) in [6.07, 6.45) is 1.59. The van der Waals surface area contributed by atoms with Crippen LogP contribution in [0.15, 0.2) is 35.4 Å². The second kappa shape index (κ2) is 6.17. The molecule has 0 aliphatic carbocycles. The second-order valence-corrected chi connectivity index (χ2v) is 7.36. The average molecular weight is 347 g/mol. The predicted octanol–water partition coefficient (Wildman–Crippen LogP) is 0.188. The Morgan fingerprint density at radius 1 is 1.38 bits per heavy atom. The molecule has 2 aromatic rings. The Hall–Kier alpha value is -2.52. The van der Waals surface area contributed by atoms with E-state index < -0.39 is 10.0 Å². The molecule has 8 nitrogen and oxygen atoms in total. The van der Waals surface area contributed by atoms with Gasteiger partial charge in [-0.05, 0) is 24.6 Å². The molecular weight excluding hydrogens is 330 g/mol. The van der Waals surface area contributed by atoms with Gasteiger partial charge >= 0.3 is 0 Å². The van der Waals surface area contributed by atoms with Gasteiger partial charge in [0.2, 0.25) is 21.9 Å². The standard InChI is InChI=1S/C15H17N5O3S/c1-10-3-2-4-12(5-10)24(22,23)18-7-14(21)20-8-11-6-17-15(16)19-13(11)9-20/h2-6,18H,7-9H2,1H3,(H2,16,17,19). The lowest BCUT2D eigenvalue weighted by Gasteiger charge is -2.15. The van der Waals surface area contributed by atoms with Crippen molar-refractivity contribution in [1.29, 1.82) is 0 Å². The maximum absolute atomic E-state index is 12.3. The van der Waals surface area contributed by atoms with Crippen LogP contribution in [0.4, 0.5) is 5.95 Å². The van der Waals surface area contributed by atoms with Gasteiger partial charge < -0.3 is 10.6 Å². The van der Waals surface area contributed by atoms with Gasteiger partial charge in [0.1, 0.15) is 0 Å². The van der Waals surface area contributed by atoms with Crippen LogP contribution in [-0.4, -0.2) is 35.7 Å². The third kappa shape index (κ3) is 3.36. The molecule has 1 aliphatic heterocycles. The summed E-state index contributed by atoms with van der Waals surface area (Å²) in [6, 6.07) is 6.50. The van der Waals surface area contributed by atoms with Gasteiger partial charge in [-0.15, -0.1) is 0 Å². The van der Waals surface area contributed by atoms with E-state index in [-0.39, 0.29) is 23.3 Å². The van der Waals surface area contributed by atoms with Crippen LogP contribution < -0.4 is 10.5 Å². The van der Waals surface area contributed by atoms with Crippen molar-refractivity contribution in [3.8, 4) is 0 Å². The zero-order valence-electron chi connectivity index (χ0n) is 13.1. The number of hydrogen-bond donors (Lipinski definition) is 2. The van der Waals surface area contributed by atoms with Gasteiger partial charge in [-0.1, -0.05) is 12.1 Å². The van der Waals surface area contributed by atoms with E-state index in [1.54, 1.807) is 31.3 Å². The average Bonchev–Trinajstić information content (AvgIpc) is 2.96. The quantitative estimate of drug-likeness (QED) is 0.815. The van der Waals surface area contributed by atoms with E-state index in [9.17, 15) is 13.2 Å². The first-order chi connectivity index (χ1) is 11.3. The van der Waals surface area contributed by atoms with Crippen molar-refractivity contribution in [1.82, 2.24) is 19.6 Å². The van der Waals surface area contributed by atoms with Crippen LogP contribution in [0.25, 0.3) is 0 Å². The van der Waals surface area contributed by atoms with E-state index in [0.29, 0.717) is 18.8 Å². The first-order valence-electron chi connectivity index (χ1n) is 7.29. The lowest BCUT2D eigenvalue weighted by molar-refractivity contribution is -0.130. The summed E-state index contributed by atoms with van der Waals surface area (Å²) in [4.78, 5) is 21.9. The molecule has 0 saturated heterocycles. The largest absolute Gasteiger partial charge is 0.368 e. The van der Waals surface area contributed by atoms with Gasteiger partial charge in [0.05, 0.1) is 23.7 Å². The molecule has 1 aromatic carbocycles. The molecule has 0 saturated carbocycles. The molecule has 0 unspecified atom stereocenters. The fourth-order valence-electron chi connectivity index (χ4n) is 2.48. The summed E-state index contributed by atoms with van der Waals surface area (Å²) in [5.74, 6) is -0.175. The molecule has 0 radical (unpaired) electrons. The maximum Gasteiger partial charge on any atom is 0.241 e. The number of carbonyl (C=O) groups excluding carboxylic acids is 1. The summed E-state index contributed by atoms with van der Waals surface area (Å²) >= 11 is 0. The van der Waals surface area contributed by atoms with Gasteiger partial charge in [0, 0.05) is 18.3 Å². The molecule has 0 atom stereocenters. The molecule has 0 bridgehead atoms. The third-order valence-corrected chi connectivity index (χ3v) is 5.14. The topological polar surface area (TPSA) is 118 Å². The highest BCUT2D eigenvalue weighted by Gasteiger charge is 2.26. The van der Waals surface area contributed by atoms with Crippen LogP contribution >= 0.6 is 0 Å². The number of hydrogen-bond acceptors (Lipinski definition) is 6. The number of fused-ring (bicyclic) bond motifs is 1. The van der Waals surface area contributed by atoms with Crippen molar-refractivity contribution in [2.24, 2.45) is 0 Å². The summed E-state index contributed by atoms with van der Waals surface area (Å²) < 4.78 is 26.8. The second-order valence-electron chi connectivity index (χ2n) is 5.59. The predicted molar refractivity (Wildman–Crippen MR) is 87.1 cm³/mol. The minimum absolute atomic E-state index is 0.138. The van der Waals surface area contributed by atoms with Gasteiger partial charge in [0.25, 0.3) is 0 Å². The minimum atomic E-state index is -3.73. The van der Waals surface area contributed by atoms with E-state index in [1.165, 1.54) is 11.0 Å². The number of benzene rings is 1. The van der Waals surface area contributed by atoms with Crippen molar-refractivity contribution < 1.29 is 13.2 Å². The van der Waals surface area contributed by atoms with E-state index in [2.05, 4.69) is 14.7 Å². The van der Waals surface area contributed by atoms with Crippen LogP contribution in [-0.2, 0) is 27.9 Å². The maximum atomic E-state index is 12.3. The number of anilines is 1. The molecule has 0 spiro atoms. The number of sulfonamides is 1. The number of amides is 1. The molecule has 1 amide bonds. The van der Waals surface area contributed by atoms with Crippen molar-refractivity contribution in [2.75, 3.05) is 12.3 Å². The van der Waals surface area contributed by atoms with Crippen LogP contribution in [0.3, 0.4) is 0 Å². The van der Waals surface area contributed by atoms with Crippen molar-refractivity contribution in [3.05, 3.63) is 47.3 Å². The van der Waals surface area contributed by atoms with E-state index in [1.807, 2.05) is 0 Å². The van der Waals surface area contributed by atoms with E-state index in [4.69, 9.17) is 5.73 Å². The van der Waals surface area contributed by atoms with Gasteiger partial charge in [-0.2, -0.15) is 0 Å². The summed E-state index contributed by atoms with van der Waals surface area (Å²) in [5.41, 5.74) is 7.87. The molecule has 9 heteroatoms. The molecule has 3 rings (SSSR count). The first-order valence-corrected chi connectivity index (χ1v) is 8.78. The van der Waals surface area contributed by atoms with Gasteiger partial charge in [-0.25, -0.2) is 23.1 Å². The summed E-state index contributed by atoms with van der Waals surface area (Å²) in [5, 5.41) is 0. The zero-order chi connectivity index (χ0) is 17.3. The molecule has 24 heavy (non-hydrogen) atoms. The highest BCUT2D eigenvalue weighted by atomic mass is 32.2. The van der Waals surface area contributed by atoms with Gasteiger partial charge in [-0.3, -0.25) is 4.79 Å². The van der Waals surface area contributed by atoms with E-state index in [0.717, 1.165) is 11.1 Å². The van der Waals surface area contributed by atoms with Crippen molar-refractivity contribution in [2.45, 2.75) is 24.9 Å². The lowest BCUT2D eigenvalue weighted by atomic mass is 10.2. The normalized spacial score (nSPS) is 13.8. The highest BCUT2D eigenvalue weighted by molar-refractivity contribution is 7.89. The Labute approximate surface area is 139 Å². The Bertz CT molecular complexity index is 898. The van der Waals surface area contributed by atoms with Gasteiger partial charge in [0.15, 0.2) is 0 Å². The van der Waals surface area contributed by atoms with Crippen LogP contribution in [0.1, 0.15) is 16.8 Å². The molecular formula is C15H17N5O3S.